The number of nitrogens with zero attached hydrogens (tertiary/aromatic N) is 2. The Morgan fingerprint density at radius 2 is 1.94 bits per heavy atom. The van der Waals surface area contributed by atoms with Crippen molar-refractivity contribution in [1.82, 2.24) is 14.9 Å². The summed E-state index contributed by atoms with van der Waals surface area (Å²) in [5.74, 6) is 1.74. The molecule has 0 spiro atoms. The lowest BCUT2D eigenvalue weighted by Crippen LogP contribution is -2.34. The van der Waals surface area contributed by atoms with Crippen molar-refractivity contribution in [1.29, 1.82) is 0 Å². The first-order valence-electron chi connectivity index (χ1n) is 12.0. The van der Waals surface area contributed by atoms with E-state index < -0.39 is 0 Å². The Morgan fingerprint density at radius 1 is 1.15 bits per heavy atom. The zero-order valence-corrected chi connectivity index (χ0v) is 20.0. The highest BCUT2D eigenvalue weighted by atomic mass is 16.5. The molecule has 1 atom stereocenters. The van der Waals surface area contributed by atoms with Gasteiger partial charge in [0.15, 0.2) is 0 Å². The summed E-state index contributed by atoms with van der Waals surface area (Å²) in [4.78, 5) is 17.1. The number of amides is 1. The van der Waals surface area contributed by atoms with Crippen LogP contribution in [0.3, 0.4) is 0 Å². The molecule has 4 rings (SSSR count). The van der Waals surface area contributed by atoms with E-state index in [0.29, 0.717) is 19.8 Å². The van der Waals surface area contributed by atoms with Gasteiger partial charge in [-0.1, -0.05) is 45.0 Å². The lowest BCUT2D eigenvalue weighted by Gasteiger charge is -2.19. The largest absolute Gasteiger partial charge is 0.494 e. The zero-order valence-electron chi connectivity index (χ0n) is 20.0. The van der Waals surface area contributed by atoms with Crippen LogP contribution >= 0.6 is 0 Å². The van der Waals surface area contributed by atoms with Crippen LogP contribution in [-0.4, -0.2) is 34.8 Å². The van der Waals surface area contributed by atoms with Gasteiger partial charge in [0.05, 0.1) is 24.2 Å². The van der Waals surface area contributed by atoms with E-state index in [0.717, 1.165) is 54.8 Å². The number of rotatable bonds is 9. The molecule has 1 N–H and O–H groups in total. The minimum atomic E-state index is -0.322. The normalized spacial score (nSPS) is 16.3. The fourth-order valence-corrected chi connectivity index (χ4v) is 4.19. The number of hydrogen-bond acceptors (Lipinski definition) is 4. The van der Waals surface area contributed by atoms with Gasteiger partial charge in [-0.25, -0.2) is 4.98 Å². The lowest BCUT2D eigenvalue weighted by atomic mass is 9.87. The van der Waals surface area contributed by atoms with Crippen molar-refractivity contribution in [3.05, 3.63) is 59.9 Å². The molecule has 33 heavy (non-hydrogen) atoms. The summed E-state index contributed by atoms with van der Waals surface area (Å²) in [5, 5.41) is 3.01. The summed E-state index contributed by atoms with van der Waals surface area (Å²) >= 11 is 0. The summed E-state index contributed by atoms with van der Waals surface area (Å²) in [5.41, 5.74) is 3.50. The van der Waals surface area contributed by atoms with Gasteiger partial charge in [0.25, 0.3) is 0 Å². The number of fused-ring (bicyclic) bond motifs is 1. The average molecular weight is 450 g/mol. The zero-order chi connectivity index (χ0) is 23.3. The molecule has 0 bridgehead atoms. The molecule has 2 aromatic carbocycles. The molecule has 2 heterocycles. The maximum Gasteiger partial charge on any atom is 0.249 e. The molecule has 1 aliphatic rings. The van der Waals surface area contributed by atoms with Crippen LogP contribution in [-0.2, 0) is 28.0 Å². The van der Waals surface area contributed by atoms with Gasteiger partial charge >= 0.3 is 0 Å². The van der Waals surface area contributed by atoms with E-state index in [1.165, 1.54) is 5.56 Å². The fraction of sp³-hybridized carbons (Fsp3) is 0.481. The van der Waals surface area contributed by atoms with Crippen LogP contribution in [0, 0.1) is 0 Å². The van der Waals surface area contributed by atoms with Gasteiger partial charge < -0.3 is 19.4 Å². The Hall–Kier alpha value is -2.86. The summed E-state index contributed by atoms with van der Waals surface area (Å²) in [6, 6.07) is 16.5. The number of carbonyl (C=O) groups excluding carboxylic acids is 1. The van der Waals surface area contributed by atoms with Gasteiger partial charge in [0.2, 0.25) is 5.91 Å². The van der Waals surface area contributed by atoms with E-state index in [4.69, 9.17) is 14.5 Å². The van der Waals surface area contributed by atoms with E-state index in [1.807, 2.05) is 18.2 Å². The van der Waals surface area contributed by atoms with Gasteiger partial charge in [-0.05, 0) is 60.9 Å². The van der Waals surface area contributed by atoms with E-state index in [2.05, 4.69) is 61.0 Å². The summed E-state index contributed by atoms with van der Waals surface area (Å²) in [6.45, 7) is 9.22. The molecule has 0 saturated carbocycles. The second-order valence-electron chi connectivity index (χ2n) is 9.72. The minimum Gasteiger partial charge on any atom is -0.494 e. The van der Waals surface area contributed by atoms with Gasteiger partial charge in [-0.15, -0.1) is 0 Å². The second-order valence-corrected chi connectivity index (χ2v) is 9.72. The van der Waals surface area contributed by atoms with Gasteiger partial charge in [0, 0.05) is 13.2 Å². The first-order valence-corrected chi connectivity index (χ1v) is 12.0. The Balaban J connectivity index is 1.31. The summed E-state index contributed by atoms with van der Waals surface area (Å²) < 4.78 is 13.7. The number of aryl methyl sites for hydroxylation is 1. The molecule has 176 valence electrons. The molecule has 1 unspecified atom stereocenters. The van der Waals surface area contributed by atoms with Crippen LogP contribution in [0.25, 0.3) is 11.0 Å². The van der Waals surface area contributed by atoms with Crippen molar-refractivity contribution < 1.29 is 14.3 Å². The predicted molar refractivity (Wildman–Crippen MR) is 130 cm³/mol. The molecule has 1 aromatic heterocycles. The number of ether oxygens (including phenoxy) is 2. The molecule has 1 saturated heterocycles. The van der Waals surface area contributed by atoms with Crippen LogP contribution < -0.4 is 10.1 Å². The molecule has 1 aliphatic heterocycles. The quantitative estimate of drug-likeness (QED) is 0.468. The van der Waals surface area contributed by atoms with Gasteiger partial charge in [-0.2, -0.15) is 0 Å². The van der Waals surface area contributed by atoms with Crippen molar-refractivity contribution in [2.45, 2.75) is 71.1 Å². The predicted octanol–water partition coefficient (Wildman–Crippen LogP) is 4.99. The molecular formula is C27H35N3O3. The Morgan fingerprint density at radius 3 is 2.67 bits per heavy atom. The number of aromatic nitrogens is 2. The third kappa shape index (κ3) is 5.93. The van der Waals surface area contributed by atoms with E-state index in [9.17, 15) is 4.79 Å². The van der Waals surface area contributed by atoms with E-state index in [-0.39, 0.29) is 17.4 Å². The highest BCUT2D eigenvalue weighted by molar-refractivity contribution is 5.81. The Kier molecular flexibility index (Phi) is 7.33. The Bertz CT molecular complexity index is 1060. The minimum absolute atomic E-state index is 0.0445. The SMILES string of the molecule is CC(C)(C)c1ccc(OCCCCn2c(CNC(=O)C3CCCO3)nc3ccccc32)cc1. The second kappa shape index (κ2) is 10.4. The van der Waals surface area contributed by atoms with E-state index >= 15 is 0 Å². The smallest absolute Gasteiger partial charge is 0.249 e. The number of carbonyl (C=O) groups is 1. The molecule has 6 nitrogen and oxygen atoms in total. The number of nitrogens with one attached hydrogen (secondary N) is 1. The van der Waals surface area contributed by atoms with Crippen LogP contribution in [0.5, 0.6) is 5.75 Å². The van der Waals surface area contributed by atoms with Crippen molar-refractivity contribution in [3.63, 3.8) is 0 Å². The number of hydrogen-bond donors (Lipinski definition) is 1. The van der Waals surface area contributed by atoms with Crippen molar-refractivity contribution in [3.8, 4) is 5.75 Å². The standard InChI is InChI=1S/C27H35N3O3/c1-27(2,3)20-12-14-21(15-13-20)32-17-7-6-16-30-23-10-5-4-9-22(23)29-25(30)19-28-26(31)24-11-8-18-33-24/h4-5,9-10,12-15,24H,6-8,11,16-19H2,1-3H3,(H,28,31). The third-order valence-electron chi connectivity index (χ3n) is 6.14. The van der Waals surface area contributed by atoms with E-state index in [1.54, 1.807) is 0 Å². The average Bonchev–Trinajstić information content (AvgIpc) is 3.45. The molecule has 0 radical (unpaired) electrons. The van der Waals surface area contributed by atoms with Crippen LogP contribution in [0.1, 0.15) is 57.8 Å². The molecule has 1 amide bonds. The number of imidazole rings is 1. The highest BCUT2D eigenvalue weighted by Gasteiger charge is 2.23. The first-order chi connectivity index (χ1) is 15.9. The maximum atomic E-state index is 12.4. The topological polar surface area (TPSA) is 65.4 Å². The van der Waals surface area contributed by atoms with Crippen LogP contribution in [0.2, 0.25) is 0 Å². The molecular weight excluding hydrogens is 414 g/mol. The van der Waals surface area contributed by atoms with Crippen molar-refractivity contribution >= 4 is 16.9 Å². The number of benzene rings is 2. The molecule has 0 aliphatic carbocycles. The van der Waals surface area contributed by atoms with Crippen molar-refractivity contribution in [2.75, 3.05) is 13.2 Å². The lowest BCUT2D eigenvalue weighted by molar-refractivity contribution is -0.130. The van der Waals surface area contributed by atoms with Crippen LogP contribution in [0.4, 0.5) is 0 Å². The molecule has 6 heteroatoms. The first kappa shape index (κ1) is 23.3. The Labute approximate surface area is 196 Å². The molecule has 3 aromatic rings. The highest BCUT2D eigenvalue weighted by Crippen LogP contribution is 2.24. The molecule has 1 fully saturated rings. The van der Waals surface area contributed by atoms with Gasteiger partial charge in [0.1, 0.15) is 17.7 Å². The fourth-order valence-electron chi connectivity index (χ4n) is 4.19. The third-order valence-corrected chi connectivity index (χ3v) is 6.14. The summed E-state index contributed by atoms with van der Waals surface area (Å²) in [6.07, 6.45) is 3.32. The maximum absolute atomic E-state index is 12.4. The summed E-state index contributed by atoms with van der Waals surface area (Å²) in [7, 11) is 0. The monoisotopic (exact) mass is 449 g/mol. The number of para-hydroxylation sites is 2. The number of unbranched alkanes of at least 4 members (excludes halogenated alkanes) is 1. The van der Waals surface area contributed by atoms with Gasteiger partial charge in [-0.3, -0.25) is 4.79 Å². The van der Waals surface area contributed by atoms with Crippen LogP contribution in [0.15, 0.2) is 48.5 Å². The van der Waals surface area contributed by atoms with Crippen molar-refractivity contribution in [2.24, 2.45) is 0 Å².